The van der Waals surface area contributed by atoms with Crippen LogP contribution in [0.15, 0.2) is 6.20 Å². The minimum Gasteiger partial charge on any atom is -0.322 e. The van der Waals surface area contributed by atoms with Gasteiger partial charge in [-0.15, -0.1) is 0 Å². The molecule has 2 nitrogen and oxygen atoms in total. The highest BCUT2D eigenvalue weighted by molar-refractivity contribution is 6.28. The van der Waals surface area contributed by atoms with E-state index in [0.29, 0.717) is 11.2 Å². The molecular weight excluding hydrogens is 160 g/mol. The molecule has 0 amide bonds. The van der Waals surface area contributed by atoms with Crippen molar-refractivity contribution >= 4 is 11.6 Å². The molecule has 0 aliphatic carbocycles. The maximum atomic E-state index is 5.76. The molecule has 0 unspecified atom stereocenters. The maximum absolute atomic E-state index is 5.76. The smallest absolute Gasteiger partial charge is 0.202 e. The highest BCUT2D eigenvalue weighted by Gasteiger charge is 2.04. The van der Waals surface area contributed by atoms with Crippen LogP contribution in [0.2, 0.25) is 5.28 Å². The van der Waals surface area contributed by atoms with Crippen LogP contribution in [-0.2, 0) is 13.5 Å². The van der Waals surface area contributed by atoms with E-state index >= 15 is 0 Å². The van der Waals surface area contributed by atoms with Crippen molar-refractivity contribution in [2.24, 2.45) is 13.0 Å². The van der Waals surface area contributed by atoms with Crippen LogP contribution in [0.1, 0.15) is 19.5 Å². The topological polar surface area (TPSA) is 17.8 Å². The van der Waals surface area contributed by atoms with Crippen molar-refractivity contribution < 1.29 is 0 Å². The van der Waals surface area contributed by atoms with E-state index in [9.17, 15) is 0 Å². The van der Waals surface area contributed by atoms with E-state index in [-0.39, 0.29) is 0 Å². The Hall–Kier alpha value is -0.500. The van der Waals surface area contributed by atoms with Crippen LogP contribution in [0.25, 0.3) is 0 Å². The number of halogens is 1. The Kier molecular flexibility index (Phi) is 2.55. The molecule has 0 bridgehead atoms. The Labute approximate surface area is 72.2 Å². The average Bonchev–Trinajstić information content (AvgIpc) is 2.18. The molecule has 3 heteroatoms. The van der Waals surface area contributed by atoms with Crippen molar-refractivity contribution in [1.82, 2.24) is 9.55 Å². The molecule has 62 valence electrons. The Balaban J connectivity index is 2.79. The summed E-state index contributed by atoms with van der Waals surface area (Å²) in [6, 6.07) is 0. The second-order valence-electron chi connectivity index (χ2n) is 3.18. The van der Waals surface area contributed by atoms with Gasteiger partial charge in [0.15, 0.2) is 0 Å². The van der Waals surface area contributed by atoms with Gasteiger partial charge in [-0.05, 0) is 23.9 Å². The predicted molar refractivity (Wildman–Crippen MR) is 46.8 cm³/mol. The second-order valence-corrected chi connectivity index (χ2v) is 3.51. The minimum atomic E-state index is 0.570. The molecule has 0 saturated heterocycles. The second kappa shape index (κ2) is 3.26. The normalized spacial score (nSPS) is 11.0. The lowest BCUT2D eigenvalue weighted by atomic mass is 10.1. The molecule has 0 radical (unpaired) electrons. The zero-order valence-corrected chi connectivity index (χ0v) is 7.89. The summed E-state index contributed by atoms with van der Waals surface area (Å²) < 4.78 is 1.92. The van der Waals surface area contributed by atoms with Gasteiger partial charge in [0, 0.05) is 18.9 Å². The Morgan fingerprint density at radius 2 is 2.27 bits per heavy atom. The van der Waals surface area contributed by atoms with Crippen LogP contribution in [0.3, 0.4) is 0 Å². The SMILES string of the molecule is CC(C)Cc1cnc(Cl)n1C. The number of rotatable bonds is 2. The van der Waals surface area contributed by atoms with E-state index in [1.54, 1.807) is 0 Å². The van der Waals surface area contributed by atoms with E-state index in [4.69, 9.17) is 11.6 Å². The van der Waals surface area contributed by atoms with Crippen LogP contribution >= 0.6 is 11.6 Å². The van der Waals surface area contributed by atoms with Gasteiger partial charge in [0.25, 0.3) is 0 Å². The summed E-state index contributed by atoms with van der Waals surface area (Å²) in [7, 11) is 1.94. The van der Waals surface area contributed by atoms with Crippen LogP contribution in [0, 0.1) is 5.92 Å². The van der Waals surface area contributed by atoms with Crippen molar-refractivity contribution in [3.8, 4) is 0 Å². The van der Waals surface area contributed by atoms with Gasteiger partial charge in [-0.25, -0.2) is 4.98 Å². The summed E-state index contributed by atoms with van der Waals surface area (Å²) >= 11 is 5.76. The zero-order valence-electron chi connectivity index (χ0n) is 7.13. The molecule has 0 atom stereocenters. The third-order valence-electron chi connectivity index (χ3n) is 1.65. The molecule has 1 aromatic rings. The van der Waals surface area contributed by atoms with Gasteiger partial charge >= 0.3 is 0 Å². The molecule has 0 spiro atoms. The molecular formula is C8H13ClN2. The first-order valence-corrected chi connectivity index (χ1v) is 4.15. The van der Waals surface area contributed by atoms with Crippen LogP contribution < -0.4 is 0 Å². The van der Waals surface area contributed by atoms with E-state index in [1.165, 1.54) is 5.69 Å². The van der Waals surface area contributed by atoms with E-state index in [1.807, 2.05) is 17.8 Å². The monoisotopic (exact) mass is 172 g/mol. The lowest BCUT2D eigenvalue weighted by Crippen LogP contribution is -2.00. The summed E-state index contributed by atoms with van der Waals surface area (Å²) in [5.41, 5.74) is 1.20. The van der Waals surface area contributed by atoms with Crippen molar-refractivity contribution in [1.29, 1.82) is 0 Å². The fraction of sp³-hybridized carbons (Fsp3) is 0.625. The standard InChI is InChI=1S/C8H13ClN2/c1-6(2)4-7-5-10-8(9)11(7)3/h5-6H,4H2,1-3H3. The van der Waals surface area contributed by atoms with Crippen molar-refractivity contribution in [2.75, 3.05) is 0 Å². The minimum absolute atomic E-state index is 0.570. The first-order chi connectivity index (χ1) is 5.11. The van der Waals surface area contributed by atoms with Crippen molar-refractivity contribution in [2.45, 2.75) is 20.3 Å². The van der Waals surface area contributed by atoms with Gasteiger partial charge in [-0.1, -0.05) is 13.8 Å². The first kappa shape index (κ1) is 8.60. The van der Waals surface area contributed by atoms with Gasteiger partial charge in [-0.3, -0.25) is 0 Å². The molecule has 1 heterocycles. The van der Waals surface area contributed by atoms with E-state index in [2.05, 4.69) is 18.8 Å². The third kappa shape index (κ3) is 1.96. The predicted octanol–water partition coefficient (Wildman–Crippen LogP) is 2.27. The molecule has 0 aromatic carbocycles. The average molecular weight is 173 g/mol. The quantitative estimate of drug-likeness (QED) is 0.669. The van der Waals surface area contributed by atoms with Gasteiger partial charge in [0.2, 0.25) is 5.28 Å². The number of nitrogens with zero attached hydrogens (tertiary/aromatic N) is 2. The molecule has 0 saturated carbocycles. The van der Waals surface area contributed by atoms with Crippen molar-refractivity contribution in [3.05, 3.63) is 17.2 Å². The molecule has 0 fully saturated rings. The molecule has 1 rings (SSSR count). The molecule has 1 aromatic heterocycles. The molecule has 11 heavy (non-hydrogen) atoms. The Morgan fingerprint density at radius 1 is 1.64 bits per heavy atom. The van der Waals surface area contributed by atoms with Gasteiger partial charge in [0.05, 0.1) is 0 Å². The van der Waals surface area contributed by atoms with Crippen LogP contribution in [-0.4, -0.2) is 9.55 Å². The summed E-state index contributed by atoms with van der Waals surface area (Å²) in [6.07, 6.45) is 2.87. The number of hydrogen-bond donors (Lipinski definition) is 0. The van der Waals surface area contributed by atoms with Crippen LogP contribution in [0.4, 0.5) is 0 Å². The fourth-order valence-corrected chi connectivity index (χ4v) is 1.18. The lowest BCUT2D eigenvalue weighted by Gasteiger charge is -2.04. The summed E-state index contributed by atoms with van der Waals surface area (Å²) in [5.74, 6) is 0.654. The van der Waals surface area contributed by atoms with Gasteiger partial charge in [0.1, 0.15) is 0 Å². The third-order valence-corrected chi connectivity index (χ3v) is 2.00. The summed E-state index contributed by atoms with van der Waals surface area (Å²) in [5, 5.41) is 0.570. The first-order valence-electron chi connectivity index (χ1n) is 3.77. The highest BCUT2D eigenvalue weighted by atomic mass is 35.5. The van der Waals surface area contributed by atoms with Gasteiger partial charge in [-0.2, -0.15) is 0 Å². The largest absolute Gasteiger partial charge is 0.322 e. The lowest BCUT2D eigenvalue weighted by molar-refractivity contribution is 0.616. The van der Waals surface area contributed by atoms with E-state index in [0.717, 1.165) is 6.42 Å². The number of hydrogen-bond acceptors (Lipinski definition) is 1. The Bertz CT molecular complexity index is 240. The summed E-state index contributed by atoms with van der Waals surface area (Å²) in [4.78, 5) is 4.00. The van der Waals surface area contributed by atoms with Gasteiger partial charge < -0.3 is 4.57 Å². The number of imidazole rings is 1. The Morgan fingerprint density at radius 3 is 2.64 bits per heavy atom. The van der Waals surface area contributed by atoms with Crippen LogP contribution in [0.5, 0.6) is 0 Å². The molecule has 0 aliphatic rings. The fourth-order valence-electron chi connectivity index (χ4n) is 1.03. The summed E-state index contributed by atoms with van der Waals surface area (Å²) in [6.45, 7) is 4.36. The zero-order chi connectivity index (χ0) is 8.43. The highest BCUT2D eigenvalue weighted by Crippen LogP contribution is 2.12. The molecule has 0 aliphatic heterocycles. The molecule has 0 N–H and O–H groups in total. The number of aromatic nitrogens is 2. The van der Waals surface area contributed by atoms with E-state index < -0.39 is 0 Å². The van der Waals surface area contributed by atoms with Crippen molar-refractivity contribution in [3.63, 3.8) is 0 Å². The maximum Gasteiger partial charge on any atom is 0.202 e.